The first-order valence-corrected chi connectivity index (χ1v) is 7.86. The number of likely N-dealkylation sites (tertiary alicyclic amines) is 1. The Bertz CT molecular complexity index is 406. The predicted octanol–water partition coefficient (Wildman–Crippen LogP) is 2.17. The Morgan fingerprint density at radius 2 is 1.80 bits per heavy atom. The zero-order valence-electron chi connectivity index (χ0n) is 12.1. The van der Waals surface area contributed by atoms with Crippen molar-refractivity contribution in [2.45, 2.75) is 57.0 Å². The highest BCUT2D eigenvalue weighted by molar-refractivity contribution is 5.84. The number of carboxylic acid groups (broad SMARTS) is 1. The fraction of sp³-hybridized carbons (Fsp3) is 0.867. The van der Waals surface area contributed by atoms with E-state index in [1.54, 1.807) is 9.80 Å². The van der Waals surface area contributed by atoms with E-state index < -0.39 is 12.0 Å². The van der Waals surface area contributed by atoms with Crippen LogP contribution in [0.2, 0.25) is 0 Å². The van der Waals surface area contributed by atoms with Gasteiger partial charge in [0, 0.05) is 19.6 Å². The van der Waals surface area contributed by atoms with Crippen molar-refractivity contribution in [2.75, 3.05) is 13.6 Å². The Kier molecular flexibility index (Phi) is 3.61. The van der Waals surface area contributed by atoms with Gasteiger partial charge in [-0.15, -0.1) is 0 Å². The molecule has 0 aromatic heterocycles. The van der Waals surface area contributed by atoms with E-state index in [4.69, 9.17) is 0 Å². The van der Waals surface area contributed by atoms with Gasteiger partial charge in [-0.3, -0.25) is 0 Å². The Morgan fingerprint density at radius 3 is 2.45 bits per heavy atom. The molecule has 1 N–H and O–H groups in total. The summed E-state index contributed by atoms with van der Waals surface area (Å²) in [6.07, 6.45) is 7.61. The molecule has 0 aromatic carbocycles. The van der Waals surface area contributed by atoms with Crippen molar-refractivity contribution < 1.29 is 14.7 Å². The third-order valence-corrected chi connectivity index (χ3v) is 5.56. The summed E-state index contributed by atoms with van der Waals surface area (Å²) in [5, 5.41) is 9.51. The van der Waals surface area contributed by atoms with Crippen molar-refractivity contribution >= 4 is 12.0 Å². The fourth-order valence-electron chi connectivity index (χ4n) is 4.47. The van der Waals surface area contributed by atoms with Crippen LogP contribution in [0.3, 0.4) is 0 Å². The van der Waals surface area contributed by atoms with Crippen LogP contribution >= 0.6 is 0 Å². The number of rotatable bonds is 2. The molecule has 2 amide bonds. The fourth-order valence-corrected chi connectivity index (χ4v) is 4.47. The van der Waals surface area contributed by atoms with Crippen molar-refractivity contribution in [1.29, 1.82) is 0 Å². The van der Waals surface area contributed by atoms with Crippen molar-refractivity contribution in [2.24, 2.45) is 11.8 Å². The van der Waals surface area contributed by atoms with Crippen LogP contribution in [0.1, 0.15) is 44.9 Å². The number of carbonyl (C=O) groups is 2. The summed E-state index contributed by atoms with van der Waals surface area (Å²) in [6, 6.07) is -0.366. The minimum absolute atomic E-state index is 0.0706. The Hall–Kier alpha value is -1.26. The maximum atomic E-state index is 12.7. The highest BCUT2D eigenvalue weighted by Crippen LogP contribution is 2.42. The summed E-state index contributed by atoms with van der Waals surface area (Å²) in [5.41, 5.74) is 0. The third kappa shape index (κ3) is 2.17. The van der Waals surface area contributed by atoms with Crippen LogP contribution in [0.5, 0.6) is 0 Å². The SMILES string of the molecule is CN(C(=O)N1CC2CCCC2C1C(=O)O)C1CCCC1. The first-order chi connectivity index (χ1) is 9.59. The average molecular weight is 280 g/mol. The van der Waals surface area contributed by atoms with Gasteiger partial charge in [0.05, 0.1) is 0 Å². The molecule has 3 aliphatic rings. The summed E-state index contributed by atoms with van der Waals surface area (Å²) in [4.78, 5) is 27.7. The van der Waals surface area contributed by atoms with E-state index in [0.29, 0.717) is 18.5 Å². The van der Waals surface area contributed by atoms with E-state index in [2.05, 4.69) is 0 Å². The number of carbonyl (C=O) groups excluding carboxylic acids is 1. The van der Waals surface area contributed by atoms with Gasteiger partial charge in [0.25, 0.3) is 0 Å². The molecule has 3 unspecified atom stereocenters. The van der Waals surface area contributed by atoms with Crippen molar-refractivity contribution in [3.05, 3.63) is 0 Å². The monoisotopic (exact) mass is 280 g/mol. The zero-order chi connectivity index (χ0) is 14.3. The minimum atomic E-state index is -0.826. The van der Waals surface area contributed by atoms with Gasteiger partial charge in [-0.05, 0) is 37.5 Å². The summed E-state index contributed by atoms with van der Waals surface area (Å²) in [6.45, 7) is 0.636. The lowest BCUT2D eigenvalue weighted by molar-refractivity contribution is -0.142. The molecule has 0 radical (unpaired) electrons. The van der Waals surface area contributed by atoms with Gasteiger partial charge in [-0.25, -0.2) is 9.59 Å². The van der Waals surface area contributed by atoms with Crippen LogP contribution in [-0.2, 0) is 4.79 Å². The number of nitrogens with zero attached hydrogens (tertiary/aromatic N) is 2. The molecule has 2 saturated carbocycles. The third-order valence-electron chi connectivity index (χ3n) is 5.56. The second kappa shape index (κ2) is 5.26. The number of carboxylic acids is 1. The lowest BCUT2D eigenvalue weighted by atomic mass is 9.94. The van der Waals surface area contributed by atoms with E-state index in [1.807, 2.05) is 7.05 Å². The highest BCUT2D eigenvalue weighted by atomic mass is 16.4. The lowest BCUT2D eigenvalue weighted by Gasteiger charge is -2.32. The zero-order valence-corrected chi connectivity index (χ0v) is 12.1. The molecule has 3 rings (SSSR count). The number of amides is 2. The van der Waals surface area contributed by atoms with Crippen LogP contribution in [0, 0.1) is 11.8 Å². The van der Waals surface area contributed by atoms with Gasteiger partial charge in [0.1, 0.15) is 6.04 Å². The standard InChI is InChI=1S/C15H24N2O3/c1-16(11-6-2-3-7-11)15(20)17-9-10-5-4-8-12(10)13(17)14(18)19/h10-13H,2-9H2,1H3,(H,18,19). The first-order valence-electron chi connectivity index (χ1n) is 7.86. The Balaban J connectivity index is 1.74. The van der Waals surface area contributed by atoms with Crippen molar-refractivity contribution in [3.63, 3.8) is 0 Å². The first kappa shape index (κ1) is 13.7. The summed E-state index contributed by atoms with van der Waals surface area (Å²) < 4.78 is 0. The molecule has 1 saturated heterocycles. The van der Waals surface area contributed by atoms with Crippen LogP contribution in [0.25, 0.3) is 0 Å². The normalized spacial score (nSPS) is 33.5. The minimum Gasteiger partial charge on any atom is -0.480 e. The predicted molar refractivity (Wildman–Crippen MR) is 74.4 cm³/mol. The molecule has 20 heavy (non-hydrogen) atoms. The van der Waals surface area contributed by atoms with Gasteiger partial charge in [-0.2, -0.15) is 0 Å². The Labute approximate surface area is 119 Å². The van der Waals surface area contributed by atoms with Crippen molar-refractivity contribution in [3.8, 4) is 0 Å². The molecule has 112 valence electrons. The smallest absolute Gasteiger partial charge is 0.326 e. The maximum absolute atomic E-state index is 12.7. The topological polar surface area (TPSA) is 60.9 Å². The van der Waals surface area contributed by atoms with Crippen molar-refractivity contribution in [1.82, 2.24) is 9.80 Å². The largest absolute Gasteiger partial charge is 0.480 e. The number of hydrogen-bond acceptors (Lipinski definition) is 2. The van der Waals surface area contributed by atoms with Crippen LogP contribution in [0.4, 0.5) is 4.79 Å². The van der Waals surface area contributed by atoms with Gasteiger partial charge in [0.15, 0.2) is 0 Å². The number of aliphatic carboxylic acids is 1. The van der Waals surface area contributed by atoms with E-state index in [9.17, 15) is 14.7 Å². The summed E-state index contributed by atoms with van der Waals surface area (Å²) in [7, 11) is 1.84. The van der Waals surface area contributed by atoms with Crippen LogP contribution in [0.15, 0.2) is 0 Å². The number of hydrogen-bond donors (Lipinski definition) is 1. The number of urea groups is 1. The molecular formula is C15H24N2O3. The van der Waals surface area contributed by atoms with Crippen LogP contribution < -0.4 is 0 Å². The highest BCUT2D eigenvalue weighted by Gasteiger charge is 2.50. The molecule has 2 aliphatic carbocycles. The van der Waals surface area contributed by atoms with E-state index in [0.717, 1.165) is 32.1 Å². The average Bonchev–Trinajstić information content (AvgIpc) is 3.11. The lowest BCUT2D eigenvalue weighted by Crippen LogP contribution is -2.50. The molecule has 5 heteroatoms. The van der Waals surface area contributed by atoms with E-state index in [-0.39, 0.29) is 11.9 Å². The van der Waals surface area contributed by atoms with E-state index >= 15 is 0 Å². The maximum Gasteiger partial charge on any atom is 0.326 e. The quantitative estimate of drug-likeness (QED) is 0.843. The molecule has 1 heterocycles. The molecular weight excluding hydrogens is 256 g/mol. The summed E-state index contributed by atoms with van der Waals surface area (Å²) in [5.74, 6) is -0.252. The molecule has 1 aliphatic heterocycles. The Morgan fingerprint density at radius 1 is 1.10 bits per heavy atom. The molecule has 3 fully saturated rings. The van der Waals surface area contributed by atoms with Gasteiger partial charge < -0.3 is 14.9 Å². The van der Waals surface area contributed by atoms with Crippen LogP contribution in [-0.4, -0.2) is 52.6 Å². The number of fused-ring (bicyclic) bond motifs is 1. The molecule has 3 atom stereocenters. The molecule has 0 spiro atoms. The van der Waals surface area contributed by atoms with E-state index in [1.165, 1.54) is 12.8 Å². The van der Waals surface area contributed by atoms with Gasteiger partial charge >= 0.3 is 12.0 Å². The van der Waals surface area contributed by atoms with Gasteiger partial charge in [0.2, 0.25) is 0 Å². The summed E-state index contributed by atoms with van der Waals surface area (Å²) >= 11 is 0. The molecule has 0 bridgehead atoms. The van der Waals surface area contributed by atoms with Gasteiger partial charge in [-0.1, -0.05) is 19.3 Å². The second-order valence-electron chi connectivity index (χ2n) is 6.62. The molecule has 0 aromatic rings. The molecule has 5 nitrogen and oxygen atoms in total. The second-order valence-corrected chi connectivity index (χ2v) is 6.62.